The highest BCUT2D eigenvalue weighted by Crippen LogP contribution is 2.34. The van der Waals surface area contributed by atoms with Crippen molar-refractivity contribution in [2.45, 2.75) is 13.3 Å². The molecule has 6 heteroatoms. The Balaban J connectivity index is 2.13. The van der Waals surface area contributed by atoms with Gasteiger partial charge in [0.1, 0.15) is 11.3 Å². The second-order valence-electron chi connectivity index (χ2n) is 6.34. The van der Waals surface area contributed by atoms with Gasteiger partial charge in [-0.3, -0.25) is 19.2 Å². The van der Waals surface area contributed by atoms with Gasteiger partial charge >= 0.3 is 5.97 Å². The molecule has 3 aromatic rings. The highest BCUT2D eigenvalue weighted by Gasteiger charge is 2.34. The predicted octanol–water partition coefficient (Wildman–Crippen LogP) is 2.59. The van der Waals surface area contributed by atoms with E-state index in [-0.39, 0.29) is 56.6 Å². The molecule has 0 atom stereocenters. The molecule has 0 saturated heterocycles. The van der Waals surface area contributed by atoms with Gasteiger partial charge in [0.2, 0.25) is 0 Å². The summed E-state index contributed by atoms with van der Waals surface area (Å²) < 4.78 is 10.4. The normalized spacial score (nSPS) is 12.7. The molecule has 4 rings (SSSR count). The predicted molar refractivity (Wildman–Crippen MR) is 96.2 cm³/mol. The lowest BCUT2D eigenvalue weighted by atomic mass is 9.81. The molecule has 27 heavy (non-hydrogen) atoms. The van der Waals surface area contributed by atoms with Crippen molar-refractivity contribution < 1.29 is 23.5 Å². The maximum atomic E-state index is 13.1. The van der Waals surface area contributed by atoms with Crippen molar-refractivity contribution in [3.63, 3.8) is 0 Å². The number of ether oxygens (including phenoxy) is 1. The summed E-state index contributed by atoms with van der Waals surface area (Å²) in [5, 5.41) is 0.116. The number of carbonyl (C=O) groups excluding carboxylic acids is 3. The van der Waals surface area contributed by atoms with Gasteiger partial charge in [0.25, 0.3) is 0 Å². The van der Waals surface area contributed by atoms with E-state index in [9.17, 15) is 19.2 Å². The number of esters is 1. The lowest BCUT2D eigenvalue weighted by Gasteiger charge is -2.20. The monoisotopic (exact) mass is 362 g/mol. The van der Waals surface area contributed by atoms with Crippen LogP contribution in [0.1, 0.15) is 43.2 Å². The van der Waals surface area contributed by atoms with Crippen LogP contribution in [0.4, 0.5) is 0 Å². The Hall–Kier alpha value is -3.54. The van der Waals surface area contributed by atoms with Gasteiger partial charge in [-0.2, -0.15) is 0 Å². The van der Waals surface area contributed by atoms with E-state index < -0.39 is 5.97 Å². The van der Waals surface area contributed by atoms with E-state index in [1.807, 2.05) is 0 Å². The van der Waals surface area contributed by atoms with Gasteiger partial charge in [-0.25, -0.2) is 0 Å². The molecular formula is C21H14O6. The van der Waals surface area contributed by atoms with Gasteiger partial charge in [-0.1, -0.05) is 24.3 Å². The summed E-state index contributed by atoms with van der Waals surface area (Å²) in [6.45, 7) is 1.59. The lowest BCUT2D eigenvalue weighted by Crippen LogP contribution is -2.23. The zero-order valence-electron chi connectivity index (χ0n) is 14.6. The summed E-state index contributed by atoms with van der Waals surface area (Å²) >= 11 is 0. The largest absolute Gasteiger partial charge is 0.469 e. The molecule has 0 spiro atoms. The molecule has 2 aromatic carbocycles. The van der Waals surface area contributed by atoms with E-state index in [0.29, 0.717) is 11.3 Å². The van der Waals surface area contributed by atoms with E-state index in [1.165, 1.54) is 19.2 Å². The number of aryl methyl sites for hydroxylation is 1. The van der Waals surface area contributed by atoms with Crippen LogP contribution in [0.2, 0.25) is 0 Å². The molecular weight excluding hydrogens is 348 g/mol. The van der Waals surface area contributed by atoms with Crippen molar-refractivity contribution in [2.75, 3.05) is 7.11 Å². The SMILES string of the molecule is COC(=O)Cc1cc2c(c3oc(C)cc(=O)c13)C(=O)c1ccccc1C2=O. The summed E-state index contributed by atoms with van der Waals surface area (Å²) in [6, 6.07) is 9.21. The van der Waals surface area contributed by atoms with Crippen LogP contribution < -0.4 is 5.43 Å². The molecule has 0 unspecified atom stereocenters. The molecule has 134 valence electrons. The molecule has 0 saturated carbocycles. The second kappa shape index (κ2) is 6.02. The van der Waals surface area contributed by atoms with Crippen molar-refractivity contribution in [3.8, 4) is 0 Å². The van der Waals surface area contributed by atoms with Crippen LogP contribution in [-0.2, 0) is 16.0 Å². The van der Waals surface area contributed by atoms with Crippen molar-refractivity contribution in [1.29, 1.82) is 0 Å². The first-order valence-corrected chi connectivity index (χ1v) is 8.28. The third-order valence-corrected chi connectivity index (χ3v) is 4.66. The summed E-state index contributed by atoms with van der Waals surface area (Å²) in [5.74, 6) is -0.990. The maximum absolute atomic E-state index is 13.1. The fraction of sp³-hybridized carbons (Fsp3) is 0.143. The van der Waals surface area contributed by atoms with Crippen molar-refractivity contribution in [2.24, 2.45) is 0 Å². The van der Waals surface area contributed by atoms with Crippen molar-refractivity contribution in [1.82, 2.24) is 0 Å². The molecule has 1 aliphatic carbocycles. The Morgan fingerprint density at radius 2 is 1.67 bits per heavy atom. The Kier molecular flexibility index (Phi) is 3.77. The Labute approximate surface area is 153 Å². The van der Waals surface area contributed by atoms with Gasteiger partial charge in [-0.05, 0) is 18.6 Å². The second-order valence-corrected chi connectivity index (χ2v) is 6.34. The number of ketones is 2. The summed E-state index contributed by atoms with van der Waals surface area (Å²) in [5.41, 5.74) is 0.681. The van der Waals surface area contributed by atoms with Crippen LogP contribution in [0.25, 0.3) is 11.0 Å². The number of hydrogen-bond acceptors (Lipinski definition) is 6. The van der Waals surface area contributed by atoms with Gasteiger partial charge in [0.05, 0.1) is 24.5 Å². The molecule has 1 aromatic heterocycles. The average molecular weight is 362 g/mol. The Morgan fingerprint density at radius 3 is 2.33 bits per heavy atom. The first-order valence-electron chi connectivity index (χ1n) is 8.28. The Morgan fingerprint density at radius 1 is 1.00 bits per heavy atom. The Bertz CT molecular complexity index is 1220. The number of carbonyl (C=O) groups is 3. The van der Waals surface area contributed by atoms with Crippen LogP contribution in [0.5, 0.6) is 0 Å². The summed E-state index contributed by atoms with van der Waals surface area (Å²) in [6.07, 6.45) is -0.211. The van der Waals surface area contributed by atoms with E-state index in [4.69, 9.17) is 9.15 Å². The third-order valence-electron chi connectivity index (χ3n) is 4.66. The van der Waals surface area contributed by atoms with Gasteiger partial charge in [0, 0.05) is 22.8 Å². The molecule has 0 amide bonds. The van der Waals surface area contributed by atoms with Crippen molar-refractivity contribution >= 4 is 28.5 Å². The van der Waals surface area contributed by atoms with Crippen LogP contribution in [-0.4, -0.2) is 24.6 Å². The van der Waals surface area contributed by atoms with Gasteiger partial charge in [-0.15, -0.1) is 0 Å². The van der Waals surface area contributed by atoms with Gasteiger partial charge < -0.3 is 9.15 Å². The minimum Gasteiger partial charge on any atom is -0.469 e. The van der Waals surface area contributed by atoms with Crippen LogP contribution >= 0.6 is 0 Å². The number of rotatable bonds is 2. The minimum atomic E-state index is -0.564. The van der Waals surface area contributed by atoms with E-state index in [2.05, 4.69) is 0 Å². The summed E-state index contributed by atoms with van der Waals surface area (Å²) in [7, 11) is 1.24. The lowest BCUT2D eigenvalue weighted by molar-refractivity contribution is -0.139. The fourth-order valence-corrected chi connectivity index (χ4v) is 3.46. The minimum absolute atomic E-state index is 0.0317. The van der Waals surface area contributed by atoms with Gasteiger partial charge in [0.15, 0.2) is 17.0 Å². The topological polar surface area (TPSA) is 90.7 Å². The number of methoxy groups -OCH3 is 1. The maximum Gasteiger partial charge on any atom is 0.310 e. The standard InChI is InChI=1S/C21H14O6/c1-10-7-15(22)17-11(9-16(23)26-2)8-14-18(21(17)27-10)20(25)13-6-4-3-5-12(13)19(14)24/h3-8H,9H2,1-2H3. The quantitative estimate of drug-likeness (QED) is 0.509. The molecule has 0 N–H and O–H groups in total. The highest BCUT2D eigenvalue weighted by molar-refractivity contribution is 6.31. The zero-order valence-corrected chi connectivity index (χ0v) is 14.6. The van der Waals surface area contributed by atoms with E-state index in [1.54, 1.807) is 31.2 Å². The van der Waals surface area contributed by atoms with Crippen molar-refractivity contribution in [3.05, 3.63) is 80.2 Å². The molecule has 0 radical (unpaired) electrons. The van der Waals surface area contributed by atoms with Crippen LogP contribution in [0.15, 0.2) is 45.6 Å². The smallest absolute Gasteiger partial charge is 0.310 e. The van der Waals surface area contributed by atoms with E-state index >= 15 is 0 Å². The van der Waals surface area contributed by atoms with E-state index in [0.717, 1.165) is 0 Å². The number of benzene rings is 2. The fourth-order valence-electron chi connectivity index (χ4n) is 3.46. The molecule has 6 nitrogen and oxygen atoms in total. The van der Waals surface area contributed by atoms with Crippen LogP contribution in [0.3, 0.4) is 0 Å². The number of hydrogen-bond donors (Lipinski definition) is 0. The molecule has 1 aliphatic rings. The molecule has 1 heterocycles. The zero-order chi connectivity index (χ0) is 19.3. The molecule has 0 aliphatic heterocycles. The first-order chi connectivity index (χ1) is 12.9. The summed E-state index contributed by atoms with van der Waals surface area (Å²) in [4.78, 5) is 50.5. The average Bonchev–Trinajstić information content (AvgIpc) is 2.65. The van der Waals surface area contributed by atoms with Crippen LogP contribution in [0, 0.1) is 6.92 Å². The molecule has 0 fully saturated rings. The molecule has 0 bridgehead atoms. The first kappa shape index (κ1) is 16.9. The number of fused-ring (bicyclic) bond motifs is 4. The highest BCUT2D eigenvalue weighted by atomic mass is 16.5. The third kappa shape index (κ3) is 2.49.